The molecule has 0 spiro atoms. The number of nitrogens with zero attached hydrogens (tertiary/aromatic N) is 1. The molecule has 0 unspecified atom stereocenters. The standard InChI is InChI=1S/Ba.Ca.ClH.HNO3/c;;;2-1(3)4/h;;1H;(H,2,3,4)/q2*+2;;. The van der Waals surface area contributed by atoms with Crippen LogP contribution >= 0.6 is 12.4 Å². The second-order valence-corrected chi connectivity index (χ2v) is 0.238. The Labute approximate surface area is 117 Å². The van der Waals surface area contributed by atoms with Crippen LogP contribution in [-0.2, 0) is 0 Å². The average molecular weight is 277 g/mol. The normalized spacial score (nSPS) is 3.43. The zero-order valence-electron chi connectivity index (χ0n) is 3.53. The SMILES string of the molecule is Cl.O=[N+]([O-])O.[Ba+2].[Ca+2]. The zero-order chi connectivity index (χ0) is 3.58. The van der Waals surface area contributed by atoms with E-state index < -0.39 is 5.09 Å². The van der Waals surface area contributed by atoms with Crippen molar-refractivity contribution in [1.29, 1.82) is 0 Å². The molecule has 7 heavy (non-hydrogen) atoms. The number of halogens is 1. The topological polar surface area (TPSA) is 63.4 Å². The van der Waals surface area contributed by atoms with Gasteiger partial charge in [0, 0.05) is 0 Å². The van der Waals surface area contributed by atoms with E-state index in [4.69, 9.17) is 15.3 Å². The smallest absolute Gasteiger partial charge is 0.328 e. The molecule has 0 saturated heterocycles. The number of hydrogen-bond donors (Lipinski definition) is 1. The molecule has 0 rings (SSSR count). The first-order valence-electron chi connectivity index (χ1n) is 0.565. The Kier molecular flexibility index (Phi) is 51.3. The average Bonchev–Trinajstić information content (AvgIpc) is 0.811. The molecule has 0 aliphatic heterocycles. The van der Waals surface area contributed by atoms with Gasteiger partial charge in [0.05, 0.1) is 0 Å². The van der Waals surface area contributed by atoms with Crippen LogP contribution in [0.2, 0.25) is 0 Å². The molecule has 4 nitrogen and oxygen atoms in total. The summed E-state index contributed by atoms with van der Waals surface area (Å²) < 4.78 is 0. The van der Waals surface area contributed by atoms with E-state index in [9.17, 15) is 0 Å². The van der Waals surface area contributed by atoms with E-state index in [-0.39, 0.29) is 99.0 Å². The first kappa shape index (κ1) is 22.8. The van der Waals surface area contributed by atoms with Gasteiger partial charge in [-0.25, -0.2) is 0 Å². The third-order valence-electron chi connectivity index (χ3n) is 0. The third kappa shape index (κ3) is 61.7. The van der Waals surface area contributed by atoms with E-state index in [0.29, 0.717) is 0 Å². The summed E-state index contributed by atoms with van der Waals surface area (Å²) in [5, 5.41) is 13.6. The molecule has 0 heterocycles. The molecule has 0 aromatic rings. The van der Waals surface area contributed by atoms with Crippen molar-refractivity contribution in [2.24, 2.45) is 0 Å². The van der Waals surface area contributed by atoms with Gasteiger partial charge in [-0.3, -0.25) is 0 Å². The van der Waals surface area contributed by atoms with E-state index in [1.807, 2.05) is 0 Å². The monoisotopic (exact) mass is 277 g/mol. The molecule has 0 atom stereocenters. The van der Waals surface area contributed by atoms with Crippen molar-refractivity contribution >= 4 is 99.0 Å². The van der Waals surface area contributed by atoms with Gasteiger partial charge in [-0.15, -0.1) is 22.5 Å². The van der Waals surface area contributed by atoms with Crippen LogP contribution in [0.1, 0.15) is 0 Å². The van der Waals surface area contributed by atoms with Crippen molar-refractivity contribution in [2.75, 3.05) is 0 Å². The van der Waals surface area contributed by atoms with Crippen LogP contribution in [0.5, 0.6) is 0 Å². The molecule has 0 fully saturated rings. The van der Waals surface area contributed by atoms with Gasteiger partial charge >= 0.3 is 86.6 Å². The van der Waals surface area contributed by atoms with Gasteiger partial charge in [0.25, 0.3) is 5.09 Å². The van der Waals surface area contributed by atoms with E-state index in [2.05, 4.69) is 0 Å². The van der Waals surface area contributed by atoms with Gasteiger partial charge in [0.15, 0.2) is 0 Å². The fourth-order valence-corrected chi connectivity index (χ4v) is 0. The van der Waals surface area contributed by atoms with Crippen LogP contribution in [-0.4, -0.2) is 96.9 Å². The van der Waals surface area contributed by atoms with Gasteiger partial charge in [-0.1, -0.05) is 0 Å². The predicted molar refractivity (Wildman–Crippen MR) is 27.5 cm³/mol. The Morgan fingerprint density at radius 3 is 1.57 bits per heavy atom. The van der Waals surface area contributed by atoms with E-state index in [1.165, 1.54) is 0 Å². The van der Waals surface area contributed by atoms with Crippen LogP contribution in [0.25, 0.3) is 0 Å². The van der Waals surface area contributed by atoms with E-state index in [1.54, 1.807) is 0 Å². The molecule has 0 radical (unpaired) electrons. The second kappa shape index (κ2) is 15.8. The fraction of sp³-hybridized carbons (Fsp3) is 0. The molecule has 0 aromatic carbocycles. The van der Waals surface area contributed by atoms with Crippen LogP contribution in [0.3, 0.4) is 0 Å². The number of hydrogen-bond acceptors (Lipinski definition) is 2. The Morgan fingerprint density at radius 1 is 1.57 bits per heavy atom. The van der Waals surface area contributed by atoms with Crippen LogP contribution in [0.4, 0.5) is 0 Å². The summed E-state index contributed by atoms with van der Waals surface area (Å²) in [6, 6.07) is 0. The van der Waals surface area contributed by atoms with Gasteiger partial charge in [-0.2, -0.15) is 0 Å². The first-order valence-corrected chi connectivity index (χ1v) is 0.565. The molecule has 0 saturated carbocycles. The quantitative estimate of drug-likeness (QED) is 0.362. The van der Waals surface area contributed by atoms with Gasteiger partial charge in [-0.05, 0) is 0 Å². The largest absolute Gasteiger partial charge is 2.00 e. The van der Waals surface area contributed by atoms with Crippen LogP contribution < -0.4 is 0 Å². The van der Waals surface area contributed by atoms with Crippen molar-refractivity contribution in [1.82, 2.24) is 0 Å². The van der Waals surface area contributed by atoms with Gasteiger partial charge in [0.1, 0.15) is 0 Å². The van der Waals surface area contributed by atoms with Gasteiger partial charge < -0.3 is 5.21 Å². The summed E-state index contributed by atoms with van der Waals surface area (Å²) in [5.74, 6) is 0. The van der Waals surface area contributed by atoms with Crippen LogP contribution in [0.15, 0.2) is 0 Å². The predicted octanol–water partition coefficient (Wildman–Crippen LogP) is -0.688. The maximum absolute atomic E-state index is 8.36. The van der Waals surface area contributed by atoms with Crippen molar-refractivity contribution in [3.8, 4) is 0 Å². The molecular weight excluding hydrogens is 275 g/mol. The Balaban J connectivity index is -0.0000000150. The molecule has 7 heteroatoms. The molecule has 0 amide bonds. The summed E-state index contributed by atoms with van der Waals surface area (Å²) in [6.45, 7) is 0. The molecular formula is H2BaCaClNO3+4. The second-order valence-electron chi connectivity index (χ2n) is 0.238. The fourth-order valence-electron chi connectivity index (χ4n) is 0. The summed E-state index contributed by atoms with van der Waals surface area (Å²) in [5.41, 5.74) is 0. The van der Waals surface area contributed by atoms with E-state index >= 15 is 0 Å². The molecule has 0 aromatic heterocycles. The summed E-state index contributed by atoms with van der Waals surface area (Å²) in [7, 11) is 0. The van der Waals surface area contributed by atoms with Crippen molar-refractivity contribution < 1.29 is 10.3 Å². The minimum Gasteiger partial charge on any atom is -0.328 e. The van der Waals surface area contributed by atoms with Crippen molar-refractivity contribution in [3.63, 3.8) is 0 Å². The maximum Gasteiger partial charge on any atom is 2.00 e. The minimum atomic E-state index is -1.50. The zero-order valence-corrected chi connectivity index (χ0v) is 11.0. The Hall–Kier alpha value is 2.32. The minimum absolute atomic E-state index is 0. The molecule has 0 aliphatic carbocycles. The van der Waals surface area contributed by atoms with E-state index in [0.717, 1.165) is 0 Å². The third-order valence-corrected chi connectivity index (χ3v) is 0. The van der Waals surface area contributed by atoms with Crippen molar-refractivity contribution in [2.45, 2.75) is 0 Å². The Morgan fingerprint density at radius 2 is 1.57 bits per heavy atom. The Bertz CT molecular complexity index is 37.9. The summed E-state index contributed by atoms with van der Waals surface area (Å²) in [6.07, 6.45) is 0. The van der Waals surface area contributed by atoms with Gasteiger partial charge in [0.2, 0.25) is 0 Å². The molecule has 32 valence electrons. The maximum atomic E-state index is 8.36. The summed E-state index contributed by atoms with van der Waals surface area (Å²) in [4.78, 5) is 8.36. The molecule has 1 N–H and O–H groups in total. The first-order chi connectivity index (χ1) is 1.73. The number of rotatable bonds is 0. The van der Waals surface area contributed by atoms with Crippen molar-refractivity contribution in [3.05, 3.63) is 10.1 Å². The molecule has 0 bridgehead atoms. The summed E-state index contributed by atoms with van der Waals surface area (Å²) >= 11 is 0. The van der Waals surface area contributed by atoms with Crippen LogP contribution in [0, 0.1) is 10.1 Å². The molecule has 0 aliphatic rings.